The molecule has 1 aromatic rings. The van der Waals surface area contributed by atoms with Crippen LogP contribution in [0.15, 0.2) is 18.2 Å². The Labute approximate surface area is 98.3 Å². The third kappa shape index (κ3) is 4.51. The Balaban J connectivity index is 2.40. The lowest BCUT2D eigenvalue weighted by molar-refractivity contribution is -0.131. The van der Waals surface area contributed by atoms with Gasteiger partial charge in [0, 0.05) is 17.0 Å². The summed E-state index contributed by atoms with van der Waals surface area (Å²) < 4.78 is 0. The SMILES string of the molecule is CC(=O)NOCCc1ccc(Cl)cc1Cl. The van der Waals surface area contributed by atoms with Crippen molar-refractivity contribution in [3.63, 3.8) is 0 Å². The first-order valence-corrected chi connectivity index (χ1v) is 5.17. The fourth-order valence-corrected chi connectivity index (χ4v) is 1.54. The molecule has 0 spiro atoms. The number of hydrogen-bond donors (Lipinski definition) is 1. The molecular weight excluding hydrogens is 237 g/mol. The highest BCUT2D eigenvalue weighted by Crippen LogP contribution is 2.21. The summed E-state index contributed by atoms with van der Waals surface area (Å²) >= 11 is 11.7. The molecule has 0 aromatic heterocycles. The molecule has 1 amide bonds. The van der Waals surface area contributed by atoms with Crippen LogP contribution in [-0.4, -0.2) is 12.5 Å². The van der Waals surface area contributed by atoms with Crippen LogP contribution in [0, 0.1) is 0 Å². The number of nitrogens with one attached hydrogen (secondary N) is 1. The average molecular weight is 248 g/mol. The number of hydrogen-bond acceptors (Lipinski definition) is 2. The molecule has 1 aromatic carbocycles. The Kier molecular flexibility index (Phi) is 4.88. The van der Waals surface area contributed by atoms with Crippen LogP contribution in [0.25, 0.3) is 0 Å². The zero-order valence-electron chi connectivity index (χ0n) is 8.22. The van der Waals surface area contributed by atoms with E-state index in [-0.39, 0.29) is 5.91 Å². The molecule has 0 heterocycles. The number of hydroxylamine groups is 1. The summed E-state index contributed by atoms with van der Waals surface area (Å²) in [6.07, 6.45) is 0.621. The Morgan fingerprint density at radius 3 is 2.80 bits per heavy atom. The van der Waals surface area contributed by atoms with Gasteiger partial charge in [-0.05, 0) is 24.1 Å². The third-order valence-corrected chi connectivity index (χ3v) is 2.29. The zero-order chi connectivity index (χ0) is 11.3. The zero-order valence-corrected chi connectivity index (χ0v) is 9.73. The molecule has 5 heteroatoms. The van der Waals surface area contributed by atoms with Crippen molar-refractivity contribution in [1.82, 2.24) is 5.48 Å². The standard InChI is InChI=1S/C10H11Cl2NO2/c1-7(14)13-15-5-4-8-2-3-9(11)6-10(8)12/h2-3,6H,4-5H2,1H3,(H,13,14). The van der Waals surface area contributed by atoms with Crippen LogP contribution in [0.4, 0.5) is 0 Å². The molecule has 3 nitrogen and oxygen atoms in total. The lowest BCUT2D eigenvalue weighted by atomic mass is 10.2. The summed E-state index contributed by atoms with van der Waals surface area (Å²) in [6.45, 7) is 1.76. The van der Waals surface area contributed by atoms with E-state index < -0.39 is 0 Å². The van der Waals surface area contributed by atoms with Gasteiger partial charge in [0.25, 0.3) is 0 Å². The number of amides is 1. The van der Waals surface area contributed by atoms with Crippen LogP contribution in [-0.2, 0) is 16.1 Å². The van der Waals surface area contributed by atoms with E-state index in [1.807, 2.05) is 6.07 Å². The van der Waals surface area contributed by atoms with Gasteiger partial charge in [0.1, 0.15) is 0 Å². The van der Waals surface area contributed by atoms with E-state index in [2.05, 4.69) is 5.48 Å². The van der Waals surface area contributed by atoms with Crippen LogP contribution in [0.5, 0.6) is 0 Å². The molecule has 0 atom stereocenters. The molecule has 0 saturated heterocycles. The van der Waals surface area contributed by atoms with Crippen molar-refractivity contribution in [1.29, 1.82) is 0 Å². The summed E-state index contributed by atoms with van der Waals surface area (Å²) in [5, 5.41) is 1.21. The predicted octanol–water partition coefficient (Wildman–Crippen LogP) is 2.60. The first-order chi connectivity index (χ1) is 7.09. The lowest BCUT2D eigenvalue weighted by Gasteiger charge is -2.05. The molecule has 1 rings (SSSR count). The second-order valence-corrected chi connectivity index (χ2v) is 3.84. The first-order valence-electron chi connectivity index (χ1n) is 4.42. The Hall–Kier alpha value is -0.770. The largest absolute Gasteiger partial charge is 0.273 e. The van der Waals surface area contributed by atoms with Crippen LogP contribution in [0.1, 0.15) is 12.5 Å². The monoisotopic (exact) mass is 247 g/mol. The number of carbonyl (C=O) groups excluding carboxylic acids is 1. The highest BCUT2D eigenvalue weighted by Gasteiger charge is 2.01. The van der Waals surface area contributed by atoms with Crippen LogP contribution >= 0.6 is 23.2 Å². The summed E-state index contributed by atoms with van der Waals surface area (Å²) in [5.41, 5.74) is 3.18. The minimum Gasteiger partial charge on any atom is -0.273 e. The van der Waals surface area contributed by atoms with E-state index in [4.69, 9.17) is 28.0 Å². The van der Waals surface area contributed by atoms with E-state index in [0.29, 0.717) is 23.1 Å². The summed E-state index contributed by atoms with van der Waals surface area (Å²) in [6, 6.07) is 5.28. The lowest BCUT2D eigenvalue weighted by Crippen LogP contribution is -2.21. The van der Waals surface area contributed by atoms with Gasteiger partial charge in [0.05, 0.1) is 6.61 Å². The van der Waals surface area contributed by atoms with Gasteiger partial charge in [-0.1, -0.05) is 29.3 Å². The summed E-state index contributed by atoms with van der Waals surface area (Å²) in [4.78, 5) is 15.4. The number of rotatable bonds is 4. The van der Waals surface area contributed by atoms with Gasteiger partial charge >= 0.3 is 0 Å². The van der Waals surface area contributed by atoms with E-state index >= 15 is 0 Å². The van der Waals surface area contributed by atoms with E-state index in [1.165, 1.54) is 6.92 Å². The molecule has 1 N–H and O–H groups in total. The van der Waals surface area contributed by atoms with Gasteiger partial charge in [-0.25, -0.2) is 5.48 Å². The van der Waals surface area contributed by atoms with Crippen LogP contribution in [0.3, 0.4) is 0 Å². The molecule has 0 bridgehead atoms. The fourth-order valence-electron chi connectivity index (χ4n) is 1.04. The molecule has 0 saturated carbocycles. The Morgan fingerprint density at radius 2 is 2.20 bits per heavy atom. The number of carbonyl (C=O) groups is 1. The molecule has 0 aliphatic rings. The minimum absolute atomic E-state index is 0.225. The maximum atomic E-state index is 10.5. The van der Waals surface area contributed by atoms with Crippen molar-refractivity contribution in [3.05, 3.63) is 33.8 Å². The van der Waals surface area contributed by atoms with Crippen molar-refractivity contribution in [2.45, 2.75) is 13.3 Å². The Bertz CT molecular complexity index is 355. The van der Waals surface area contributed by atoms with Gasteiger partial charge in [-0.15, -0.1) is 0 Å². The van der Waals surface area contributed by atoms with Crippen molar-refractivity contribution in [3.8, 4) is 0 Å². The maximum Gasteiger partial charge on any atom is 0.240 e. The average Bonchev–Trinajstić information content (AvgIpc) is 2.14. The van der Waals surface area contributed by atoms with Crippen molar-refractivity contribution in [2.24, 2.45) is 0 Å². The summed E-state index contributed by atoms with van der Waals surface area (Å²) in [7, 11) is 0. The molecule has 0 radical (unpaired) electrons. The van der Waals surface area contributed by atoms with Crippen LogP contribution < -0.4 is 5.48 Å². The number of benzene rings is 1. The molecule has 82 valence electrons. The van der Waals surface area contributed by atoms with Crippen molar-refractivity contribution < 1.29 is 9.63 Å². The van der Waals surface area contributed by atoms with Crippen molar-refractivity contribution >= 4 is 29.1 Å². The van der Waals surface area contributed by atoms with Gasteiger partial charge in [-0.3, -0.25) is 9.63 Å². The van der Waals surface area contributed by atoms with E-state index in [1.54, 1.807) is 12.1 Å². The topological polar surface area (TPSA) is 38.3 Å². The van der Waals surface area contributed by atoms with Crippen molar-refractivity contribution in [2.75, 3.05) is 6.61 Å². The van der Waals surface area contributed by atoms with E-state index in [0.717, 1.165) is 5.56 Å². The predicted molar refractivity (Wildman–Crippen MR) is 59.9 cm³/mol. The molecule has 15 heavy (non-hydrogen) atoms. The van der Waals surface area contributed by atoms with Gasteiger partial charge in [-0.2, -0.15) is 0 Å². The second kappa shape index (κ2) is 5.95. The first kappa shape index (κ1) is 12.3. The smallest absolute Gasteiger partial charge is 0.240 e. The fraction of sp³-hybridized carbons (Fsp3) is 0.300. The quantitative estimate of drug-likeness (QED) is 0.657. The summed E-state index contributed by atoms with van der Waals surface area (Å²) in [5.74, 6) is -0.225. The second-order valence-electron chi connectivity index (χ2n) is 2.99. The highest BCUT2D eigenvalue weighted by atomic mass is 35.5. The highest BCUT2D eigenvalue weighted by molar-refractivity contribution is 6.35. The maximum absolute atomic E-state index is 10.5. The van der Waals surface area contributed by atoms with E-state index in [9.17, 15) is 4.79 Å². The molecule has 0 aliphatic heterocycles. The number of halogens is 2. The molecule has 0 fully saturated rings. The van der Waals surface area contributed by atoms with Gasteiger partial charge < -0.3 is 0 Å². The molecule has 0 aliphatic carbocycles. The van der Waals surface area contributed by atoms with Gasteiger partial charge in [0.2, 0.25) is 5.91 Å². The molecular formula is C10H11Cl2NO2. The third-order valence-electron chi connectivity index (χ3n) is 1.70. The normalized spacial score (nSPS) is 10.1. The minimum atomic E-state index is -0.225. The van der Waals surface area contributed by atoms with Crippen LogP contribution in [0.2, 0.25) is 10.0 Å². The van der Waals surface area contributed by atoms with Gasteiger partial charge in [0.15, 0.2) is 0 Å². The Morgan fingerprint density at radius 1 is 1.47 bits per heavy atom. The molecule has 0 unspecified atom stereocenters.